The van der Waals surface area contributed by atoms with Gasteiger partial charge in [-0.3, -0.25) is 0 Å². The first-order chi connectivity index (χ1) is 8.93. The molecule has 0 saturated carbocycles. The van der Waals surface area contributed by atoms with Crippen LogP contribution >= 0.6 is 0 Å². The van der Waals surface area contributed by atoms with Crippen molar-refractivity contribution in [3.05, 3.63) is 41.6 Å². The smallest absolute Gasteiger partial charge is 0.548 e. The van der Waals surface area contributed by atoms with Crippen LogP contribution < -0.4 is 40.0 Å². The number of phenols is 1. The van der Waals surface area contributed by atoms with Crippen molar-refractivity contribution >= 4 is 11.9 Å². The van der Waals surface area contributed by atoms with Crippen molar-refractivity contribution in [2.75, 3.05) is 7.11 Å². The maximum atomic E-state index is 11.1. The molecule has 1 rings (SSSR count). The summed E-state index contributed by atoms with van der Waals surface area (Å²) in [6.07, 6.45) is 1.14. The van der Waals surface area contributed by atoms with Gasteiger partial charge in [-0.25, -0.2) is 4.79 Å². The van der Waals surface area contributed by atoms with Gasteiger partial charge in [-0.1, -0.05) is 12.1 Å². The van der Waals surface area contributed by atoms with E-state index in [1.807, 2.05) is 0 Å². The van der Waals surface area contributed by atoms with Gasteiger partial charge in [0, 0.05) is 11.8 Å². The minimum Gasteiger partial charge on any atom is -0.548 e. The number of carbonyl (C=O) groups excluding carboxylic acids is 2. The van der Waals surface area contributed by atoms with Gasteiger partial charge in [-0.05, 0) is 24.6 Å². The van der Waals surface area contributed by atoms with Crippen LogP contribution in [0.4, 0.5) is 0 Å². The number of hydrogen-bond acceptors (Lipinski definition) is 6. The van der Waals surface area contributed by atoms with Gasteiger partial charge < -0.3 is 25.1 Å². The average molecular weight is 287 g/mol. The average Bonchev–Trinajstić information content (AvgIpc) is 2.36. The molecule has 2 N–H and O–H groups in total. The van der Waals surface area contributed by atoms with E-state index in [1.54, 1.807) is 0 Å². The number of methoxy groups -OCH3 is 1. The zero-order chi connectivity index (χ0) is 14.4. The number of carboxylic acid groups (broad SMARTS) is 1. The second-order valence-electron chi connectivity index (χ2n) is 3.84. The van der Waals surface area contributed by atoms with Crippen LogP contribution in [0.15, 0.2) is 36.0 Å². The number of hydrogen-bond donors (Lipinski definition) is 2. The van der Waals surface area contributed by atoms with Crippen molar-refractivity contribution in [2.24, 2.45) is 0 Å². The van der Waals surface area contributed by atoms with Gasteiger partial charge in [0.2, 0.25) is 0 Å². The molecular formula is C13H14NNaO5. The predicted molar refractivity (Wildman–Crippen MR) is 64.8 cm³/mol. The summed E-state index contributed by atoms with van der Waals surface area (Å²) in [4.78, 5) is 22.1. The van der Waals surface area contributed by atoms with Crippen LogP contribution in [0.2, 0.25) is 0 Å². The zero-order valence-corrected chi connectivity index (χ0v) is 13.5. The number of benzene rings is 1. The quantitative estimate of drug-likeness (QED) is 0.337. The summed E-state index contributed by atoms with van der Waals surface area (Å²) in [5, 5.41) is 22.9. The summed E-state index contributed by atoms with van der Waals surface area (Å²) >= 11 is 0. The number of carbonyl (C=O) groups is 2. The fourth-order valence-corrected chi connectivity index (χ4v) is 1.45. The summed E-state index contributed by atoms with van der Waals surface area (Å²) < 4.78 is 4.43. The summed E-state index contributed by atoms with van der Waals surface area (Å²) in [7, 11) is 1.22. The van der Waals surface area contributed by atoms with E-state index >= 15 is 0 Å². The van der Waals surface area contributed by atoms with Crippen LogP contribution in [0.1, 0.15) is 18.5 Å². The second-order valence-corrected chi connectivity index (χ2v) is 3.84. The number of allylic oxidation sites excluding steroid dienone is 1. The standard InChI is InChI=1S/C13H15NO5.Na/c1-8(7-11(16)19-2)14-12(13(17)18)9-3-5-10(15)6-4-9;/h3-7,12,14-15H,1-2H3,(H,17,18);/q;+1/p-1/t12-;/m1./s1. The number of rotatable bonds is 5. The Bertz CT molecular complexity index is 498. The Labute approximate surface area is 138 Å². The fraction of sp³-hybridized carbons (Fsp3) is 0.231. The molecule has 102 valence electrons. The molecule has 1 aromatic rings. The molecule has 0 aliphatic heterocycles. The van der Waals surface area contributed by atoms with Gasteiger partial charge in [0.25, 0.3) is 0 Å². The maximum absolute atomic E-state index is 11.1. The van der Waals surface area contributed by atoms with Crippen LogP contribution in [0.5, 0.6) is 5.75 Å². The molecule has 0 unspecified atom stereocenters. The monoisotopic (exact) mass is 287 g/mol. The van der Waals surface area contributed by atoms with E-state index in [-0.39, 0.29) is 35.3 Å². The van der Waals surface area contributed by atoms with E-state index in [4.69, 9.17) is 5.11 Å². The van der Waals surface area contributed by atoms with Gasteiger partial charge in [-0.15, -0.1) is 0 Å². The molecule has 0 saturated heterocycles. The molecule has 0 bridgehead atoms. The number of ether oxygens (including phenoxy) is 1. The van der Waals surface area contributed by atoms with Gasteiger partial charge >= 0.3 is 35.5 Å². The van der Waals surface area contributed by atoms with Crippen LogP contribution in [0, 0.1) is 0 Å². The Kier molecular flexibility index (Phi) is 7.98. The first-order valence-corrected chi connectivity index (χ1v) is 5.46. The first kappa shape index (κ1) is 18.5. The number of carboxylic acids is 1. The minimum atomic E-state index is -1.34. The molecule has 1 aromatic carbocycles. The summed E-state index contributed by atoms with van der Waals surface area (Å²) in [6, 6.07) is 4.52. The third kappa shape index (κ3) is 5.64. The van der Waals surface area contributed by atoms with E-state index in [1.165, 1.54) is 38.3 Å². The fourth-order valence-electron chi connectivity index (χ4n) is 1.45. The molecule has 0 amide bonds. The molecule has 0 spiro atoms. The van der Waals surface area contributed by atoms with E-state index < -0.39 is 18.0 Å². The maximum Gasteiger partial charge on any atom is 1.00 e. The van der Waals surface area contributed by atoms with Crippen LogP contribution in [-0.4, -0.2) is 24.2 Å². The van der Waals surface area contributed by atoms with Crippen LogP contribution in [-0.2, 0) is 14.3 Å². The zero-order valence-electron chi connectivity index (χ0n) is 11.5. The van der Waals surface area contributed by atoms with E-state index in [0.717, 1.165) is 6.08 Å². The number of aromatic hydroxyl groups is 1. The minimum absolute atomic E-state index is 0. The van der Waals surface area contributed by atoms with Crippen molar-refractivity contribution in [3.63, 3.8) is 0 Å². The molecule has 7 heteroatoms. The number of phenolic OH excluding ortho intramolecular Hbond substituents is 1. The number of aliphatic carboxylic acids is 1. The third-order valence-electron chi connectivity index (χ3n) is 2.37. The van der Waals surface area contributed by atoms with Crippen molar-refractivity contribution in [2.45, 2.75) is 13.0 Å². The Morgan fingerprint density at radius 2 is 1.90 bits per heavy atom. The third-order valence-corrected chi connectivity index (χ3v) is 2.37. The number of nitrogens with one attached hydrogen (secondary N) is 1. The van der Waals surface area contributed by atoms with Crippen molar-refractivity contribution in [1.29, 1.82) is 0 Å². The van der Waals surface area contributed by atoms with Crippen LogP contribution in [0.25, 0.3) is 0 Å². The van der Waals surface area contributed by atoms with Crippen molar-refractivity contribution in [3.8, 4) is 5.75 Å². The molecule has 20 heavy (non-hydrogen) atoms. The predicted octanol–water partition coefficient (Wildman–Crippen LogP) is -3.15. The summed E-state index contributed by atoms with van der Waals surface area (Å²) in [6.45, 7) is 1.53. The molecule has 6 nitrogen and oxygen atoms in total. The first-order valence-electron chi connectivity index (χ1n) is 5.46. The normalized spacial score (nSPS) is 12.0. The van der Waals surface area contributed by atoms with Crippen molar-refractivity contribution < 1.29 is 54.1 Å². The number of esters is 1. The summed E-state index contributed by atoms with van der Waals surface area (Å²) in [5.41, 5.74) is 0.726. The molecule has 0 aliphatic carbocycles. The Morgan fingerprint density at radius 1 is 1.35 bits per heavy atom. The Balaban J connectivity index is 0.00000361. The SMILES string of the molecule is COC(=O)C=C(C)N[C@@H](C(=O)[O-])c1ccc(O)cc1.[Na+]. The molecule has 0 fully saturated rings. The van der Waals surface area contributed by atoms with Gasteiger partial charge in [-0.2, -0.15) is 0 Å². The van der Waals surface area contributed by atoms with Crippen molar-refractivity contribution in [1.82, 2.24) is 5.32 Å². The van der Waals surface area contributed by atoms with Gasteiger partial charge in [0.15, 0.2) is 0 Å². The largest absolute Gasteiger partial charge is 1.00 e. The summed E-state index contributed by atoms with van der Waals surface area (Å²) in [5.74, 6) is -1.90. The topological polar surface area (TPSA) is 98.7 Å². The molecule has 1 atom stereocenters. The van der Waals surface area contributed by atoms with E-state index in [9.17, 15) is 14.7 Å². The molecule has 0 heterocycles. The van der Waals surface area contributed by atoms with Crippen LogP contribution in [0.3, 0.4) is 0 Å². The molecule has 0 radical (unpaired) electrons. The molecule has 0 aliphatic rings. The molecule has 0 aromatic heterocycles. The Hall–Kier alpha value is -1.50. The van der Waals surface area contributed by atoms with E-state index in [0.29, 0.717) is 11.3 Å². The second kappa shape index (κ2) is 8.63. The Morgan fingerprint density at radius 3 is 2.35 bits per heavy atom. The van der Waals surface area contributed by atoms with Gasteiger partial charge in [0.05, 0.1) is 19.1 Å². The molecular weight excluding hydrogens is 273 g/mol. The van der Waals surface area contributed by atoms with Gasteiger partial charge in [0.1, 0.15) is 5.75 Å². The van der Waals surface area contributed by atoms with E-state index in [2.05, 4.69) is 10.1 Å².